The molecule has 0 aliphatic carbocycles. The molecule has 1 aliphatic rings. The van der Waals surface area contributed by atoms with E-state index in [9.17, 15) is 24.2 Å². The summed E-state index contributed by atoms with van der Waals surface area (Å²) in [5.74, 6) is -2.60. The molecule has 4 rings (SSSR count). The van der Waals surface area contributed by atoms with Gasteiger partial charge in [-0.3, -0.25) is 9.78 Å². The fourth-order valence-electron chi connectivity index (χ4n) is 3.71. The van der Waals surface area contributed by atoms with E-state index in [1.807, 2.05) is 13.8 Å². The summed E-state index contributed by atoms with van der Waals surface area (Å²) in [4.78, 5) is 30.8. The Balaban J connectivity index is 1.85. The number of hydrogen-bond acceptors (Lipinski definition) is 5. The topological polar surface area (TPSA) is 100.0 Å². The first-order valence-electron chi connectivity index (χ1n) is 9.69. The van der Waals surface area contributed by atoms with Crippen LogP contribution in [0.4, 0.5) is 4.39 Å². The average Bonchev–Trinajstić information content (AvgIpc) is 3.08. The first-order chi connectivity index (χ1) is 14.7. The van der Waals surface area contributed by atoms with E-state index in [1.54, 1.807) is 18.2 Å². The van der Waals surface area contributed by atoms with Crippen LogP contribution in [0.25, 0.3) is 10.9 Å². The second kappa shape index (κ2) is 7.63. The number of pyridine rings is 1. The second-order valence-corrected chi connectivity index (χ2v) is 8.19. The highest BCUT2D eigenvalue weighted by Crippen LogP contribution is 2.34. The normalized spacial score (nSPS) is 15.4. The van der Waals surface area contributed by atoms with Crippen LogP contribution in [0.3, 0.4) is 0 Å². The number of carbonyl (C=O) groups is 2. The molecule has 2 heterocycles. The van der Waals surface area contributed by atoms with Crippen LogP contribution < -0.4 is 0 Å². The first-order valence-corrected chi connectivity index (χ1v) is 9.69. The monoisotopic (exact) mass is 424 g/mol. The van der Waals surface area contributed by atoms with Gasteiger partial charge in [0.15, 0.2) is 5.75 Å². The van der Waals surface area contributed by atoms with Gasteiger partial charge < -0.3 is 19.8 Å². The maximum Gasteiger partial charge on any atom is 0.339 e. The van der Waals surface area contributed by atoms with Crippen molar-refractivity contribution < 1.29 is 28.9 Å². The quantitative estimate of drug-likeness (QED) is 0.664. The molecule has 0 saturated carbocycles. The third-order valence-corrected chi connectivity index (χ3v) is 5.44. The maximum absolute atomic E-state index is 13.4. The molecule has 1 amide bonds. The standard InChI is InChI=1S/C23H21FN2O5/c1-23(2)11-31-12-26(23)21(28)17-9-18(22(29)30)20(27)19-16(17)8-14(10-25-19)7-13-3-5-15(24)6-4-13/h3-6,8-10,27H,7,11-12H2,1-2H3,(H,29,30). The molecule has 160 valence electrons. The van der Waals surface area contributed by atoms with Gasteiger partial charge in [-0.25, -0.2) is 9.18 Å². The number of aromatic nitrogens is 1. The summed E-state index contributed by atoms with van der Waals surface area (Å²) in [6, 6.07) is 8.91. The van der Waals surface area contributed by atoms with Gasteiger partial charge >= 0.3 is 5.97 Å². The summed E-state index contributed by atoms with van der Waals surface area (Å²) in [5, 5.41) is 20.3. The molecular weight excluding hydrogens is 403 g/mol. The molecule has 1 aromatic heterocycles. The van der Waals surface area contributed by atoms with Crippen molar-refractivity contribution in [2.24, 2.45) is 0 Å². The Labute approximate surface area is 177 Å². The maximum atomic E-state index is 13.4. The Bertz CT molecular complexity index is 1190. The number of nitrogens with zero attached hydrogens (tertiary/aromatic N) is 2. The van der Waals surface area contributed by atoms with Gasteiger partial charge in [0.25, 0.3) is 5.91 Å². The molecule has 0 unspecified atom stereocenters. The van der Waals surface area contributed by atoms with E-state index in [-0.39, 0.29) is 23.6 Å². The number of fused-ring (bicyclic) bond motifs is 1. The third kappa shape index (κ3) is 3.82. The van der Waals surface area contributed by atoms with Crippen LogP contribution in [0.1, 0.15) is 45.7 Å². The second-order valence-electron chi connectivity index (χ2n) is 8.19. The van der Waals surface area contributed by atoms with Gasteiger partial charge in [-0.1, -0.05) is 12.1 Å². The largest absolute Gasteiger partial charge is 0.505 e. The SMILES string of the molecule is CC1(C)COCN1C(=O)c1cc(C(=O)O)c(O)c2ncc(Cc3ccc(F)cc3)cc12. The molecule has 3 aromatic rings. The summed E-state index contributed by atoms with van der Waals surface area (Å²) in [6.45, 7) is 4.15. The van der Waals surface area contributed by atoms with Crippen LogP contribution in [-0.4, -0.2) is 50.9 Å². The number of ether oxygens (including phenoxy) is 1. The molecule has 1 saturated heterocycles. The number of phenols is 1. The number of carboxylic acids is 1. The van der Waals surface area contributed by atoms with E-state index in [2.05, 4.69) is 4.98 Å². The number of hydrogen-bond donors (Lipinski definition) is 2. The number of carboxylic acid groups (broad SMARTS) is 1. The molecule has 0 spiro atoms. The fraction of sp³-hybridized carbons (Fsp3) is 0.261. The molecule has 8 heteroatoms. The first kappa shape index (κ1) is 20.7. The summed E-state index contributed by atoms with van der Waals surface area (Å²) in [5.41, 5.74) is 0.765. The van der Waals surface area contributed by atoms with E-state index in [0.717, 1.165) is 11.1 Å². The van der Waals surface area contributed by atoms with Crippen LogP contribution in [0.5, 0.6) is 5.75 Å². The summed E-state index contributed by atoms with van der Waals surface area (Å²) >= 11 is 0. The number of halogens is 1. The lowest BCUT2D eigenvalue weighted by atomic mass is 9.97. The molecule has 2 N–H and O–H groups in total. The molecule has 1 aliphatic heterocycles. The highest BCUT2D eigenvalue weighted by atomic mass is 19.1. The number of benzene rings is 2. The van der Waals surface area contributed by atoms with E-state index >= 15 is 0 Å². The summed E-state index contributed by atoms with van der Waals surface area (Å²) in [7, 11) is 0. The van der Waals surface area contributed by atoms with Gasteiger partial charge in [0, 0.05) is 11.6 Å². The number of amides is 1. The zero-order chi connectivity index (χ0) is 22.3. The Morgan fingerprint density at radius 3 is 2.48 bits per heavy atom. The van der Waals surface area contributed by atoms with Crippen LogP contribution in [0.2, 0.25) is 0 Å². The van der Waals surface area contributed by atoms with Gasteiger partial charge in [-0.15, -0.1) is 0 Å². The lowest BCUT2D eigenvalue weighted by Crippen LogP contribution is -2.44. The van der Waals surface area contributed by atoms with Crippen molar-refractivity contribution in [1.29, 1.82) is 0 Å². The van der Waals surface area contributed by atoms with Crippen molar-refractivity contribution >= 4 is 22.8 Å². The Hall–Kier alpha value is -3.52. The predicted molar refractivity (Wildman–Crippen MR) is 111 cm³/mol. The zero-order valence-electron chi connectivity index (χ0n) is 17.1. The summed E-state index contributed by atoms with van der Waals surface area (Å²) < 4.78 is 18.6. The van der Waals surface area contributed by atoms with Crippen molar-refractivity contribution in [2.45, 2.75) is 25.8 Å². The van der Waals surface area contributed by atoms with E-state index < -0.39 is 28.7 Å². The molecule has 7 nitrogen and oxygen atoms in total. The molecule has 1 fully saturated rings. The van der Waals surface area contributed by atoms with Crippen molar-refractivity contribution in [2.75, 3.05) is 13.3 Å². The highest BCUT2D eigenvalue weighted by Gasteiger charge is 2.38. The highest BCUT2D eigenvalue weighted by molar-refractivity contribution is 6.11. The molecule has 0 radical (unpaired) electrons. The number of rotatable bonds is 4. The molecule has 0 bridgehead atoms. The third-order valence-electron chi connectivity index (χ3n) is 5.44. The predicted octanol–water partition coefficient (Wildman–Crippen LogP) is 3.58. The van der Waals surface area contributed by atoms with Crippen molar-refractivity contribution in [3.05, 3.63) is 70.7 Å². The van der Waals surface area contributed by atoms with Gasteiger partial charge in [0.05, 0.1) is 17.7 Å². The van der Waals surface area contributed by atoms with Crippen LogP contribution in [-0.2, 0) is 11.2 Å². The molecular formula is C23H21FN2O5. The van der Waals surface area contributed by atoms with E-state index in [0.29, 0.717) is 18.4 Å². The zero-order valence-corrected chi connectivity index (χ0v) is 17.1. The minimum absolute atomic E-state index is 0.0315. The van der Waals surface area contributed by atoms with Gasteiger partial charge in [-0.05, 0) is 55.7 Å². The smallest absolute Gasteiger partial charge is 0.339 e. The van der Waals surface area contributed by atoms with Gasteiger partial charge in [0.1, 0.15) is 23.6 Å². The number of aromatic carboxylic acids is 1. The van der Waals surface area contributed by atoms with Crippen LogP contribution >= 0.6 is 0 Å². The van der Waals surface area contributed by atoms with Gasteiger partial charge in [0.2, 0.25) is 0 Å². The van der Waals surface area contributed by atoms with Crippen molar-refractivity contribution in [3.8, 4) is 5.75 Å². The molecule has 2 aromatic carbocycles. The minimum atomic E-state index is -1.36. The number of carbonyl (C=O) groups excluding carboxylic acids is 1. The van der Waals surface area contributed by atoms with Crippen LogP contribution in [0.15, 0.2) is 42.6 Å². The summed E-state index contributed by atoms with van der Waals surface area (Å²) in [6.07, 6.45) is 1.94. The Morgan fingerprint density at radius 2 is 1.87 bits per heavy atom. The number of aromatic hydroxyl groups is 1. The fourth-order valence-corrected chi connectivity index (χ4v) is 3.71. The molecule has 31 heavy (non-hydrogen) atoms. The Morgan fingerprint density at radius 1 is 1.16 bits per heavy atom. The van der Waals surface area contributed by atoms with Crippen LogP contribution in [0, 0.1) is 5.82 Å². The van der Waals surface area contributed by atoms with Crippen molar-refractivity contribution in [1.82, 2.24) is 9.88 Å². The minimum Gasteiger partial charge on any atom is -0.505 e. The lowest BCUT2D eigenvalue weighted by Gasteiger charge is -2.29. The van der Waals surface area contributed by atoms with E-state index in [1.165, 1.54) is 29.3 Å². The van der Waals surface area contributed by atoms with E-state index in [4.69, 9.17) is 4.74 Å². The average molecular weight is 424 g/mol. The lowest BCUT2D eigenvalue weighted by molar-refractivity contribution is 0.0607. The van der Waals surface area contributed by atoms with Gasteiger partial charge in [-0.2, -0.15) is 0 Å². The Kier molecular flexibility index (Phi) is 5.10. The molecule has 0 atom stereocenters. The van der Waals surface area contributed by atoms with Crippen molar-refractivity contribution in [3.63, 3.8) is 0 Å².